The van der Waals surface area contributed by atoms with Crippen molar-refractivity contribution in [3.63, 3.8) is 0 Å². The van der Waals surface area contributed by atoms with E-state index in [-0.39, 0.29) is 11.5 Å². The van der Waals surface area contributed by atoms with Crippen molar-refractivity contribution in [3.05, 3.63) is 63.6 Å². The van der Waals surface area contributed by atoms with Gasteiger partial charge in [0.15, 0.2) is 0 Å². The predicted molar refractivity (Wildman–Crippen MR) is 74.6 cm³/mol. The lowest BCUT2D eigenvalue weighted by molar-refractivity contribution is 0.621. The molecule has 0 spiro atoms. The van der Waals surface area contributed by atoms with Crippen LogP contribution in [-0.4, -0.2) is 14.5 Å². The second-order valence-corrected chi connectivity index (χ2v) is 4.65. The second kappa shape index (κ2) is 5.27. The molecule has 1 heterocycles. The molecule has 0 aliphatic heterocycles. The summed E-state index contributed by atoms with van der Waals surface area (Å²) in [4.78, 5) is 15.5. The Bertz CT molecular complexity index is 697. The fraction of sp³-hybridized carbons (Fsp3) is 0.154. The van der Waals surface area contributed by atoms with Crippen LogP contribution < -0.4 is 11.4 Å². The van der Waals surface area contributed by atoms with E-state index in [1.54, 1.807) is 6.20 Å². The van der Waals surface area contributed by atoms with Gasteiger partial charge in [-0.1, -0.05) is 12.2 Å². The summed E-state index contributed by atoms with van der Waals surface area (Å²) in [6.45, 7) is 2.00. The van der Waals surface area contributed by atoms with E-state index in [4.69, 9.17) is 18.0 Å². The van der Waals surface area contributed by atoms with Gasteiger partial charge >= 0.3 is 5.69 Å². The minimum Gasteiger partial charge on any atom is -0.389 e. The molecule has 0 aliphatic rings. The summed E-state index contributed by atoms with van der Waals surface area (Å²) in [5.41, 5.74) is 7.15. The van der Waals surface area contributed by atoms with E-state index < -0.39 is 11.5 Å². The Morgan fingerprint density at radius 1 is 1.53 bits per heavy atom. The van der Waals surface area contributed by atoms with Gasteiger partial charge < -0.3 is 5.73 Å². The van der Waals surface area contributed by atoms with Gasteiger partial charge in [-0.2, -0.15) is 0 Å². The number of benzene rings is 1. The summed E-state index contributed by atoms with van der Waals surface area (Å²) in [7, 11) is 0. The fourth-order valence-corrected chi connectivity index (χ4v) is 1.99. The van der Waals surface area contributed by atoms with E-state index in [1.807, 2.05) is 6.92 Å². The maximum Gasteiger partial charge on any atom is 0.347 e. The van der Waals surface area contributed by atoms with Gasteiger partial charge in [-0.15, -0.1) is 0 Å². The summed E-state index contributed by atoms with van der Waals surface area (Å²) < 4.78 is 14.7. The van der Waals surface area contributed by atoms with Gasteiger partial charge in [-0.05, 0) is 36.2 Å². The Labute approximate surface area is 114 Å². The van der Waals surface area contributed by atoms with E-state index in [9.17, 15) is 9.18 Å². The molecule has 98 valence electrons. The Morgan fingerprint density at radius 2 is 2.26 bits per heavy atom. The molecule has 0 bridgehead atoms. The van der Waals surface area contributed by atoms with Crippen molar-refractivity contribution in [2.45, 2.75) is 13.5 Å². The third kappa shape index (κ3) is 3.03. The lowest BCUT2D eigenvalue weighted by Gasteiger charge is -2.10. The van der Waals surface area contributed by atoms with Gasteiger partial charge in [-0.3, -0.25) is 4.57 Å². The average molecular weight is 277 g/mol. The monoisotopic (exact) mass is 277 g/mol. The molecule has 1 aromatic carbocycles. The van der Waals surface area contributed by atoms with Crippen LogP contribution in [-0.2, 0) is 6.54 Å². The van der Waals surface area contributed by atoms with E-state index in [0.29, 0.717) is 11.1 Å². The zero-order valence-corrected chi connectivity index (χ0v) is 11.1. The van der Waals surface area contributed by atoms with Crippen LogP contribution >= 0.6 is 12.2 Å². The molecule has 6 heteroatoms. The van der Waals surface area contributed by atoms with Gasteiger partial charge in [0.2, 0.25) is 0 Å². The quantitative estimate of drug-likeness (QED) is 0.861. The van der Waals surface area contributed by atoms with Crippen molar-refractivity contribution >= 4 is 17.2 Å². The van der Waals surface area contributed by atoms with Crippen LogP contribution in [0.3, 0.4) is 0 Å². The molecule has 0 fully saturated rings. The fourth-order valence-electron chi connectivity index (χ4n) is 1.80. The molecular weight excluding hydrogens is 265 g/mol. The number of aromatic nitrogens is 2. The molecule has 0 unspecified atom stereocenters. The molecule has 0 radical (unpaired) electrons. The molecule has 19 heavy (non-hydrogen) atoms. The number of thiocarbonyl (C=S) groups is 1. The number of hydrogen-bond acceptors (Lipinski definition) is 3. The van der Waals surface area contributed by atoms with E-state index in [1.165, 1.54) is 29.0 Å². The van der Waals surface area contributed by atoms with Crippen LogP contribution in [0.15, 0.2) is 35.4 Å². The first kappa shape index (κ1) is 13.4. The second-order valence-electron chi connectivity index (χ2n) is 4.21. The minimum absolute atomic E-state index is 0.170. The molecule has 0 saturated heterocycles. The first-order chi connectivity index (χ1) is 8.97. The molecule has 4 nitrogen and oxygen atoms in total. The zero-order valence-electron chi connectivity index (χ0n) is 10.3. The highest BCUT2D eigenvalue weighted by Crippen LogP contribution is 2.12. The molecular formula is C13H12FN3OS. The largest absolute Gasteiger partial charge is 0.389 e. The van der Waals surface area contributed by atoms with Gasteiger partial charge in [0, 0.05) is 18.0 Å². The topological polar surface area (TPSA) is 60.9 Å². The van der Waals surface area contributed by atoms with Crippen molar-refractivity contribution in [2.75, 3.05) is 0 Å². The van der Waals surface area contributed by atoms with Gasteiger partial charge in [0.25, 0.3) is 0 Å². The van der Waals surface area contributed by atoms with Crippen LogP contribution in [0.1, 0.15) is 16.7 Å². The third-order valence-corrected chi connectivity index (χ3v) is 2.88. The predicted octanol–water partition coefficient (Wildman–Crippen LogP) is 1.37. The number of halogens is 1. The number of nitrogens with two attached hydrogens (primary N) is 1. The van der Waals surface area contributed by atoms with E-state index in [0.717, 1.165) is 5.56 Å². The van der Waals surface area contributed by atoms with Crippen LogP contribution in [0, 0.1) is 12.7 Å². The average Bonchev–Trinajstić information content (AvgIpc) is 2.33. The van der Waals surface area contributed by atoms with Crippen molar-refractivity contribution in [3.8, 4) is 0 Å². The van der Waals surface area contributed by atoms with Crippen molar-refractivity contribution in [2.24, 2.45) is 5.73 Å². The molecule has 0 aliphatic carbocycles. The molecule has 0 saturated carbocycles. The van der Waals surface area contributed by atoms with Gasteiger partial charge in [0.05, 0.1) is 6.54 Å². The number of nitrogens with zero attached hydrogens (tertiary/aromatic N) is 2. The SMILES string of the molecule is Cc1cnc(=O)n(Cc2cc(F)ccc2C(N)=S)c1. The Morgan fingerprint density at radius 3 is 2.95 bits per heavy atom. The van der Waals surface area contributed by atoms with Crippen LogP contribution in [0.25, 0.3) is 0 Å². The smallest absolute Gasteiger partial charge is 0.347 e. The summed E-state index contributed by atoms with van der Waals surface area (Å²) in [6.07, 6.45) is 3.14. The van der Waals surface area contributed by atoms with Crippen molar-refractivity contribution in [1.29, 1.82) is 0 Å². The maximum atomic E-state index is 13.3. The molecule has 0 atom stereocenters. The number of hydrogen-bond donors (Lipinski definition) is 1. The zero-order chi connectivity index (χ0) is 14.0. The summed E-state index contributed by atoms with van der Waals surface area (Å²) in [5, 5.41) is 0. The van der Waals surface area contributed by atoms with E-state index >= 15 is 0 Å². The summed E-state index contributed by atoms with van der Waals surface area (Å²) >= 11 is 4.92. The van der Waals surface area contributed by atoms with Crippen molar-refractivity contribution < 1.29 is 4.39 Å². The first-order valence-electron chi connectivity index (χ1n) is 5.58. The normalized spacial score (nSPS) is 10.4. The molecule has 1 aromatic heterocycles. The Hall–Kier alpha value is -2.08. The molecule has 2 aromatic rings. The Balaban J connectivity index is 2.48. The molecule has 2 N–H and O–H groups in total. The highest BCUT2D eigenvalue weighted by atomic mass is 32.1. The third-order valence-electron chi connectivity index (χ3n) is 2.66. The molecule has 2 rings (SSSR count). The van der Waals surface area contributed by atoms with Gasteiger partial charge in [-0.25, -0.2) is 14.2 Å². The highest BCUT2D eigenvalue weighted by molar-refractivity contribution is 7.80. The van der Waals surface area contributed by atoms with Crippen LogP contribution in [0.2, 0.25) is 0 Å². The van der Waals surface area contributed by atoms with Crippen molar-refractivity contribution in [1.82, 2.24) is 9.55 Å². The maximum absolute atomic E-state index is 13.3. The summed E-state index contributed by atoms with van der Waals surface area (Å²) in [5.74, 6) is -0.399. The molecule has 0 amide bonds. The lowest BCUT2D eigenvalue weighted by Crippen LogP contribution is -2.24. The number of rotatable bonds is 3. The standard InChI is InChI=1S/C13H12FN3OS/c1-8-5-16-13(18)17(6-8)7-9-4-10(14)2-3-11(9)12(15)19/h2-6H,7H2,1H3,(H2,15,19). The van der Waals surface area contributed by atoms with E-state index in [2.05, 4.69) is 4.98 Å². The van der Waals surface area contributed by atoms with Crippen LogP contribution in [0.5, 0.6) is 0 Å². The van der Waals surface area contributed by atoms with Crippen LogP contribution in [0.4, 0.5) is 4.39 Å². The Kier molecular flexibility index (Phi) is 3.71. The highest BCUT2D eigenvalue weighted by Gasteiger charge is 2.08. The summed E-state index contributed by atoms with van der Waals surface area (Å²) in [6, 6.07) is 4.12. The number of aryl methyl sites for hydroxylation is 1. The van der Waals surface area contributed by atoms with Gasteiger partial charge in [0.1, 0.15) is 10.8 Å². The minimum atomic E-state index is -0.399. The first-order valence-corrected chi connectivity index (χ1v) is 5.99. The lowest BCUT2D eigenvalue weighted by atomic mass is 10.1.